The van der Waals surface area contributed by atoms with Crippen molar-refractivity contribution in [1.29, 1.82) is 0 Å². The van der Waals surface area contributed by atoms with Gasteiger partial charge in [-0.15, -0.1) is 0 Å². The van der Waals surface area contributed by atoms with E-state index in [0.29, 0.717) is 12.5 Å². The van der Waals surface area contributed by atoms with Gasteiger partial charge >= 0.3 is 0 Å². The van der Waals surface area contributed by atoms with E-state index >= 15 is 0 Å². The quantitative estimate of drug-likeness (QED) is 0.831. The van der Waals surface area contributed by atoms with Gasteiger partial charge in [-0.1, -0.05) is 30.3 Å². The van der Waals surface area contributed by atoms with Crippen LogP contribution < -0.4 is 0 Å². The number of nitrogens with zero attached hydrogens (tertiary/aromatic N) is 2. The Morgan fingerprint density at radius 3 is 2.77 bits per heavy atom. The Morgan fingerprint density at radius 2 is 2.05 bits per heavy atom. The van der Waals surface area contributed by atoms with Crippen molar-refractivity contribution >= 4 is 5.91 Å². The molecule has 0 bridgehead atoms. The van der Waals surface area contributed by atoms with Gasteiger partial charge in [0.1, 0.15) is 0 Å². The Kier molecular flexibility index (Phi) is 5.46. The van der Waals surface area contributed by atoms with Gasteiger partial charge in [-0.25, -0.2) is 0 Å². The maximum absolute atomic E-state index is 12.3. The first-order chi connectivity index (χ1) is 10.8. The van der Waals surface area contributed by atoms with Gasteiger partial charge in [-0.2, -0.15) is 0 Å². The Balaban J connectivity index is 1.42. The van der Waals surface area contributed by atoms with Crippen LogP contribution in [0.3, 0.4) is 0 Å². The first kappa shape index (κ1) is 15.5. The molecule has 4 heteroatoms. The topological polar surface area (TPSA) is 32.8 Å². The molecule has 0 N–H and O–H groups in total. The molecule has 1 aromatic rings. The van der Waals surface area contributed by atoms with Gasteiger partial charge in [0.25, 0.3) is 0 Å². The fourth-order valence-electron chi connectivity index (χ4n) is 3.37. The Hall–Kier alpha value is -1.39. The van der Waals surface area contributed by atoms with Crippen LogP contribution in [0.2, 0.25) is 0 Å². The minimum absolute atomic E-state index is 0.277. The molecular formula is C18H26N2O2. The lowest BCUT2D eigenvalue weighted by Crippen LogP contribution is -2.52. The van der Waals surface area contributed by atoms with E-state index in [2.05, 4.69) is 29.2 Å². The highest BCUT2D eigenvalue weighted by molar-refractivity contribution is 5.79. The lowest BCUT2D eigenvalue weighted by molar-refractivity contribution is -0.136. The molecule has 1 amide bonds. The number of ether oxygens (including phenoxy) is 1. The number of hydrogen-bond donors (Lipinski definition) is 0. The van der Waals surface area contributed by atoms with Gasteiger partial charge < -0.3 is 9.64 Å². The number of hydrogen-bond acceptors (Lipinski definition) is 3. The summed E-state index contributed by atoms with van der Waals surface area (Å²) in [6, 6.07) is 10.4. The van der Waals surface area contributed by atoms with Crippen LogP contribution in [0.25, 0.3) is 0 Å². The highest BCUT2D eigenvalue weighted by atomic mass is 16.5. The Morgan fingerprint density at radius 1 is 1.18 bits per heavy atom. The molecule has 1 atom stereocenters. The molecule has 0 aromatic heterocycles. The van der Waals surface area contributed by atoms with Crippen LogP contribution in [0.5, 0.6) is 0 Å². The fraction of sp³-hybridized carbons (Fsp3) is 0.611. The number of rotatable bonds is 5. The maximum atomic E-state index is 12.3. The van der Waals surface area contributed by atoms with E-state index in [1.165, 1.54) is 12.0 Å². The van der Waals surface area contributed by atoms with Crippen molar-refractivity contribution in [1.82, 2.24) is 9.80 Å². The Bertz CT molecular complexity index is 471. The number of piperazine rings is 1. The molecule has 0 radical (unpaired) electrons. The molecular weight excluding hydrogens is 276 g/mol. The van der Waals surface area contributed by atoms with Crippen LogP contribution in [0.4, 0.5) is 0 Å². The van der Waals surface area contributed by atoms with Gasteiger partial charge in [0.15, 0.2) is 0 Å². The average Bonchev–Trinajstić information content (AvgIpc) is 2.56. The SMILES string of the molecule is O=C1CN(C[C@H]2CCCOC2)CCN1CCc1ccccc1. The lowest BCUT2D eigenvalue weighted by Gasteiger charge is -2.36. The molecule has 4 nitrogen and oxygen atoms in total. The van der Waals surface area contributed by atoms with Crippen molar-refractivity contribution in [2.24, 2.45) is 5.92 Å². The number of amides is 1. The summed E-state index contributed by atoms with van der Waals surface area (Å²) >= 11 is 0. The molecule has 0 aliphatic carbocycles. The molecule has 22 heavy (non-hydrogen) atoms. The second-order valence-corrected chi connectivity index (χ2v) is 6.43. The van der Waals surface area contributed by atoms with Gasteiger partial charge in [0.05, 0.1) is 13.2 Å². The van der Waals surface area contributed by atoms with E-state index in [4.69, 9.17) is 4.74 Å². The van der Waals surface area contributed by atoms with Gasteiger partial charge in [-0.05, 0) is 30.7 Å². The van der Waals surface area contributed by atoms with Crippen LogP contribution in [0.15, 0.2) is 30.3 Å². The zero-order valence-corrected chi connectivity index (χ0v) is 13.2. The largest absolute Gasteiger partial charge is 0.381 e. The maximum Gasteiger partial charge on any atom is 0.236 e. The second kappa shape index (κ2) is 7.75. The minimum Gasteiger partial charge on any atom is -0.381 e. The van der Waals surface area contributed by atoms with Crippen LogP contribution in [-0.4, -0.2) is 61.6 Å². The van der Waals surface area contributed by atoms with Crippen LogP contribution >= 0.6 is 0 Å². The lowest BCUT2D eigenvalue weighted by atomic mass is 10.0. The number of benzene rings is 1. The minimum atomic E-state index is 0.277. The zero-order chi connectivity index (χ0) is 15.2. The third-order valence-corrected chi connectivity index (χ3v) is 4.68. The predicted molar refractivity (Wildman–Crippen MR) is 86.7 cm³/mol. The second-order valence-electron chi connectivity index (χ2n) is 6.43. The number of carbonyl (C=O) groups excluding carboxylic acids is 1. The highest BCUT2D eigenvalue weighted by Gasteiger charge is 2.26. The molecule has 2 aliphatic heterocycles. The predicted octanol–water partition coefficient (Wildman–Crippen LogP) is 1.80. The van der Waals surface area contributed by atoms with E-state index < -0.39 is 0 Å². The summed E-state index contributed by atoms with van der Waals surface area (Å²) < 4.78 is 5.54. The summed E-state index contributed by atoms with van der Waals surface area (Å²) in [5.74, 6) is 0.885. The molecule has 120 valence electrons. The first-order valence-corrected chi connectivity index (χ1v) is 8.43. The molecule has 0 unspecified atom stereocenters. The van der Waals surface area contributed by atoms with Gasteiger partial charge in [0.2, 0.25) is 5.91 Å². The van der Waals surface area contributed by atoms with Crippen LogP contribution in [0, 0.1) is 5.92 Å². The van der Waals surface area contributed by atoms with E-state index in [1.807, 2.05) is 11.0 Å². The van der Waals surface area contributed by atoms with Crippen molar-refractivity contribution in [3.05, 3.63) is 35.9 Å². The van der Waals surface area contributed by atoms with E-state index in [9.17, 15) is 4.79 Å². The first-order valence-electron chi connectivity index (χ1n) is 8.43. The molecule has 2 aliphatic rings. The third-order valence-electron chi connectivity index (χ3n) is 4.68. The standard InChI is InChI=1S/C18H26N2O2/c21-18-14-19(13-17-7-4-12-22-15-17)10-11-20(18)9-8-16-5-2-1-3-6-16/h1-3,5-6,17H,4,7-15H2/t17-/m1/s1. The van der Waals surface area contributed by atoms with Crippen molar-refractivity contribution < 1.29 is 9.53 Å². The van der Waals surface area contributed by atoms with Crippen molar-refractivity contribution in [2.45, 2.75) is 19.3 Å². The summed E-state index contributed by atoms with van der Waals surface area (Å²) in [5, 5.41) is 0. The normalized spacial score (nSPS) is 23.7. The van der Waals surface area contributed by atoms with Crippen molar-refractivity contribution in [2.75, 3.05) is 45.9 Å². The van der Waals surface area contributed by atoms with E-state index in [1.54, 1.807) is 0 Å². The summed E-state index contributed by atoms with van der Waals surface area (Å²) in [7, 11) is 0. The molecule has 3 rings (SSSR count). The molecule has 2 heterocycles. The average molecular weight is 302 g/mol. The van der Waals surface area contributed by atoms with E-state index in [0.717, 1.165) is 52.2 Å². The summed E-state index contributed by atoms with van der Waals surface area (Å²) in [6.07, 6.45) is 3.35. The fourth-order valence-corrected chi connectivity index (χ4v) is 3.37. The summed E-state index contributed by atoms with van der Waals surface area (Å²) in [4.78, 5) is 16.6. The van der Waals surface area contributed by atoms with Crippen LogP contribution in [0.1, 0.15) is 18.4 Å². The highest BCUT2D eigenvalue weighted by Crippen LogP contribution is 2.16. The van der Waals surface area contributed by atoms with Crippen LogP contribution in [-0.2, 0) is 16.0 Å². The molecule has 2 fully saturated rings. The molecule has 0 spiro atoms. The Labute approximate surface area is 133 Å². The molecule has 0 saturated carbocycles. The summed E-state index contributed by atoms with van der Waals surface area (Å²) in [5.41, 5.74) is 1.30. The van der Waals surface area contributed by atoms with E-state index in [-0.39, 0.29) is 5.91 Å². The monoisotopic (exact) mass is 302 g/mol. The van der Waals surface area contributed by atoms with Crippen molar-refractivity contribution in [3.8, 4) is 0 Å². The van der Waals surface area contributed by atoms with Gasteiger partial charge in [0, 0.05) is 32.8 Å². The molecule has 1 aromatic carbocycles. The molecule has 2 saturated heterocycles. The zero-order valence-electron chi connectivity index (χ0n) is 13.2. The number of carbonyl (C=O) groups is 1. The smallest absolute Gasteiger partial charge is 0.236 e. The van der Waals surface area contributed by atoms with Gasteiger partial charge in [-0.3, -0.25) is 9.69 Å². The summed E-state index contributed by atoms with van der Waals surface area (Å²) in [6.45, 7) is 6.05. The third kappa shape index (κ3) is 4.31. The van der Waals surface area contributed by atoms with Crippen molar-refractivity contribution in [3.63, 3.8) is 0 Å².